The molecule has 0 radical (unpaired) electrons. The average Bonchev–Trinajstić information content (AvgIpc) is 3.26. The summed E-state index contributed by atoms with van der Waals surface area (Å²) in [5.41, 5.74) is 0.739. The molecule has 0 aromatic heterocycles. The lowest BCUT2D eigenvalue weighted by Gasteiger charge is -2.28. The highest BCUT2D eigenvalue weighted by Crippen LogP contribution is 2.31. The third-order valence-electron chi connectivity index (χ3n) is 5.70. The van der Waals surface area contributed by atoms with E-state index >= 15 is 0 Å². The maximum Gasteiger partial charge on any atom is 0.331 e. The number of nitrogens with zero attached hydrogens (tertiary/aromatic N) is 1. The van der Waals surface area contributed by atoms with E-state index < -0.39 is 17.8 Å². The molecule has 150 valence electrons. The van der Waals surface area contributed by atoms with Crippen LogP contribution in [-0.4, -0.2) is 42.0 Å². The zero-order valence-electron chi connectivity index (χ0n) is 16.3. The average molecular weight is 400 g/mol. The first-order valence-electron chi connectivity index (χ1n) is 10.0. The van der Waals surface area contributed by atoms with Crippen molar-refractivity contribution < 1.29 is 19.1 Å². The molecular formula is C24H20N2O4. The largest absolute Gasteiger partial charge is 0.376 e. The minimum Gasteiger partial charge on any atom is -0.376 e. The number of amides is 4. The SMILES string of the molecule is O=C1NC(=O)N(CC2CCCO2)C(=O)C1=Cc1c2ccccc2cc2ccccc12. The van der Waals surface area contributed by atoms with Crippen LogP contribution in [0.4, 0.5) is 4.79 Å². The van der Waals surface area contributed by atoms with Crippen molar-refractivity contribution in [2.45, 2.75) is 18.9 Å². The smallest absolute Gasteiger partial charge is 0.331 e. The number of hydrogen-bond donors (Lipinski definition) is 1. The summed E-state index contributed by atoms with van der Waals surface area (Å²) in [6.07, 6.45) is 3.11. The van der Waals surface area contributed by atoms with Crippen LogP contribution in [0.1, 0.15) is 18.4 Å². The van der Waals surface area contributed by atoms with Crippen LogP contribution >= 0.6 is 0 Å². The second-order valence-electron chi connectivity index (χ2n) is 7.60. The molecule has 0 bridgehead atoms. The van der Waals surface area contributed by atoms with E-state index in [-0.39, 0.29) is 18.2 Å². The Kier molecular flexibility index (Phi) is 4.56. The van der Waals surface area contributed by atoms with Crippen molar-refractivity contribution in [1.82, 2.24) is 10.2 Å². The Morgan fingerprint density at radius 1 is 1.00 bits per heavy atom. The Morgan fingerprint density at radius 2 is 1.67 bits per heavy atom. The predicted molar refractivity (Wildman–Crippen MR) is 114 cm³/mol. The van der Waals surface area contributed by atoms with Crippen LogP contribution in [0.15, 0.2) is 60.2 Å². The highest BCUT2D eigenvalue weighted by Gasteiger charge is 2.37. The van der Waals surface area contributed by atoms with E-state index in [1.54, 1.807) is 6.08 Å². The molecule has 2 aliphatic rings. The molecule has 1 unspecified atom stereocenters. The number of benzene rings is 3. The number of ether oxygens (including phenoxy) is 1. The predicted octanol–water partition coefficient (Wildman–Crippen LogP) is 3.63. The Hall–Kier alpha value is -3.51. The molecule has 1 N–H and O–H groups in total. The zero-order valence-corrected chi connectivity index (χ0v) is 16.3. The number of rotatable bonds is 3. The summed E-state index contributed by atoms with van der Waals surface area (Å²) in [4.78, 5) is 39.1. The first-order valence-corrected chi connectivity index (χ1v) is 10.0. The van der Waals surface area contributed by atoms with Crippen LogP contribution in [0.2, 0.25) is 0 Å². The van der Waals surface area contributed by atoms with Crippen molar-refractivity contribution in [3.05, 3.63) is 65.7 Å². The van der Waals surface area contributed by atoms with Gasteiger partial charge >= 0.3 is 6.03 Å². The van der Waals surface area contributed by atoms with Crippen LogP contribution in [0.5, 0.6) is 0 Å². The maximum atomic E-state index is 13.1. The van der Waals surface area contributed by atoms with Gasteiger partial charge in [0.05, 0.1) is 12.6 Å². The molecule has 3 aromatic rings. The van der Waals surface area contributed by atoms with E-state index in [2.05, 4.69) is 11.4 Å². The van der Waals surface area contributed by atoms with Gasteiger partial charge in [-0.05, 0) is 52.1 Å². The first-order chi connectivity index (χ1) is 14.6. The number of fused-ring (bicyclic) bond motifs is 2. The van der Waals surface area contributed by atoms with Gasteiger partial charge in [0.1, 0.15) is 5.57 Å². The third-order valence-corrected chi connectivity index (χ3v) is 5.70. The fourth-order valence-corrected chi connectivity index (χ4v) is 4.20. The molecule has 2 aliphatic heterocycles. The molecule has 0 saturated carbocycles. The highest BCUT2D eigenvalue weighted by atomic mass is 16.5. The van der Waals surface area contributed by atoms with Crippen molar-refractivity contribution in [2.75, 3.05) is 13.2 Å². The molecule has 0 spiro atoms. The summed E-state index contributed by atoms with van der Waals surface area (Å²) < 4.78 is 5.57. The quantitative estimate of drug-likeness (QED) is 0.414. The molecule has 4 amide bonds. The van der Waals surface area contributed by atoms with Crippen molar-refractivity contribution in [1.29, 1.82) is 0 Å². The number of imide groups is 2. The summed E-state index contributed by atoms with van der Waals surface area (Å²) in [6, 6.07) is 17.1. The van der Waals surface area contributed by atoms with Gasteiger partial charge in [-0.1, -0.05) is 48.5 Å². The molecule has 30 heavy (non-hydrogen) atoms. The van der Waals surface area contributed by atoms with Crippen LogP contribution in [0, 0.1) is 0 Å². The summed E-state index contributed by atoms with van der Waals surface area (Å²) >= 11 is 0. The Morgan fingerprint density at radius 3 is 2.30 bits per heavy atom. The standard InChI is InChI=1S/C24H20N2O4/c27-22-21(23(28)26(24(29)25-22)14-17-8-5-11-30-17)13-20-18-9-3-1-6-15(18)12-16-7-2-4-10-19(16)20/h1-4,6-7,9-10,12-13,17H,5,8,11,14H2,(H,25,27,29). The number of urea groups is 1. The minimum absolute atomic E-state index is 0.0471. The molecule has 6 nitrogen and oxygen atoms in total. The summed E-state index contributed by atoms with van der Waals surface area (Å²) in [5.74, 6) is -1.26. The maximum absolute atomic E-state index is 13.1. The second kappa shape index (κ2) is 7.39. The van der Waals surface area contributed by atoms with Crippen molar-refractivity contribution in [3.8, 4) is 0 Å². The Labute approximate surface area is 173 Å². The first kappa shape index (κ1) is 18.5. The second-order valence-corrected chi connectivity index (χ2v) is 7.60. The van der Waals surface area contributed by atoms with Gasteiger partial charge in [0.15, 0.2) is 0 Å². The fourth-order valence-electron chi connectivity index (χ4n) is 4.20. The van der Waals surface area contributed by atoms with Gasteiger partial charge in [0, 0.05) is 6.61 Å². The van der Waals surface area contributed by atoms with E-state index in [1.165, 1.54) is 0 Å². The van der Waals surface area contributed by atoms with Crippen molar-refractivity contribution in [2.24, 2.45) is 0 Å². The highest BCUT2D eigenvalue weighted by molar-refractivity contribution is 6.31. The lowest BCUT2D eigenvalue weighted by molar-refractivity contribution is -0.131. The normalized spacial score (nSPS) is 21.1. The molecule has 1 atom stereocenters. The van der Waals surface area contributed by atoms with E-state index in [4.69, 9.17) is 4.74 Å². The molecule has 2 heterocycles. The van der Waals surface area contributed by atoms with Crippen LogP contribution < -0.4 is 5.32 Å². The van der Waals surface area contributed by atoms with Gasteiger partial charge < -0.3 is 4.74 Å². The Bertz CT molecular complexity index is 1170. The lowest BCUT2D eigenvalue weighted by Crippen LogP contribution is -2.55. The van der Waals surface area contributed by atoms with E-state index in [0.717, 1.165) is 44.8 Å². The number of hydrogen-bond acceptors (Lipinski definition) is 4. The zero-order chi connectivity index (χ0) is 20.7. The molecule has 2 fully saturated rings. The minimum atomic E-state index is -0.694. The molecule has 5 rings (SSSR count). The molecule has 0 aliphatic carbocycles. The monoisotopic (exact) mass is 400 g/mol. The fraction of sp³-hybridized carbons (Fsp3) is 0.208. The van der Waals surface area contributed by atoms with Crippen molar-refractivity contribution in [3.63, 3.8) is 0 Å². The van der Waals surface area contributed by atoms with Gasteiger partial charge in [-0.2, -0.15) is 0 Å². The van der Waals surface area contributed by atoms with Gasteiger partial charge in [-0.25, -0.2) is 4.79 Å². The Balaban J connectivity index is 1.63. The lowest BCUT2D eigenvalue weighted by atomic mass is 9.94. The number of barbiturate groups is 1. The molecular weight excluding hydrogens is 380 g/mol. The van der Waals surface area contributed by atoms with Crippen LogP contribution in [-0.2, 0) is 14.3 Å². The number of carbonyl (C=O) groups excluding carboxylic acids is 3. The van der Waals surface area contributed by atoms with Gasteiger partial charge in [0.25, 0.3) is 11.8 Å². The topological polar surface area (TPSA) is 75.7 Å². The third kappa shape index (κ3) is 3.15. The van der Waals surface area contributed by atoms with Gasteiger partial charge in [-0.3, -0.25) is 19.8 Å². The van der Waals surface area contributed by atoms with E-state index in [9.17, 15) is 14.4 Å². The van der Waals surface area contributed by atoms with Crippen LogP contribution in [0.25, 0.3) is 27.6 Å². The summed E-state index contributed by atoms with van der Waals surface area (Å²) in [5, 5.41) is 6.20. The number of nitrogens with one attached hydrogen (secondary N) is 1. The van der Waals surface area contributed by atoms with Gasteiger partial charge in [-0.15, -0.1) is 0 Å². The van der Waals surface area contributed by atoms with Crippen molar-refractivity contribution >= 4 is 45.5 Å². The number of carbonyl (C=O) groups is 3. The summed E-state index contributed by atoms with van der Waals surface area (Å²) in [7, 11) is 0. The molecule has 2 saturated heterocycles. The van der Waals surface area contributed by atoms with E-state index in [0.29, 0.717) is 6.61 Å². The van der Waals surface area contributed by atoms with Gasteiger partial charge in [0.2, 0.25) is 0 Å². The molecule has 6 heteroatoms. The van der Waals surface area contributed by atoms with Crippen LogP contribution in [0.3, 0.4) is 0 Å². The molecule has 3 aromatic carbocycles. The summed E-state index contributed by atoms with van der Waals surface area (Å²) in [6.45, 7) is 0.767. The van der Waals surface area contributed by atoms with E-state index in [1.807, 2.05) is 48.5 Å².